The second-order valence-electron chi connectivity index (χ2n) is 7.45. The highest BCUT2D eigenvalue weighted by atomic mass is 16.2. The minimum absolute atomic E-state index is 0.00842. The van der Waals surface area contributed by atoms with Crippen molar-refractivity contribution in [1.82, 2.24) is 14.7 Å². The van der Waals surface area contributed by atoms with Crippen molar-refractivity contribution >= 4 is 17.5 Å². The van der Waals surface area contributed by atoms with E-state index >= 15 is 0 Å². The maximum absolute atomic E-state index is 13.0. The van der Waals surface area contributed by atoms with Crippen LogP contribution in [0.4, 0.5) is 5.69 Å². The lowest BCUT2D eigenvalue weighted by Crippen LogP contribution is -2.30. The Bertz CT molecular complexity index is 1040. The molecule has 0 atom stereocenters. The summed E-state index contributed by atoms with van der Waals surface area (Å²) >= 11 is 0. The lowest BCUT2D eigenvalue weighted by atomic mass is 10.1. The number of anilines is 1. The van der Waals surface area contributed by atoms with Gasteiger partial charge in [0.2, 0.25) is 5.91 Å². The van der Waals surface area contributed by atoms with E-state index in [1.165, 1.54) is 12.5 Å². The van der Waals surface area contributed by atoms with Crippen LogP contribution in [0.2, 0.25) is 0 Å². The smallest absolute Gasteiger partial charge is 0.254 e. The third-order valence-electron chi connectivity index (χ3n) is 5.10. The van der Waals surface area contributed by atoms with Gasteiger partial charge in [0.25, 0.3) is 5.91 Å². The van der Waals surface area contributed by atoms with Crippen LogP contribution in [0.1, 0.15) is 35.0 Å². The molecule has 3 aromatic rings. The number of hydrogen-bond acceptors (Lipinski definition) is 3. The Balaban J connectivity index is 1.53. The summed E-state index contributed by atoms with van der Waals surface area (Å²) in [5.74, 6) is -0.139. The fourth-order valence-electron chi connectivity index (χ4n) is 3.58. The summed E-state index contributed by atoms with van der Waals surface area (Å²) < 4.78 is 2.02. The molecule has 2 heterocycles. The maximum atomic E-state index is 13.0. The highest BCUT2D eigenvalue weighted by Gasteiger charge is 2.22. The summed E-state index contributed by atoms with van der Waals surface area (Å²) in [6, 6.07) is 17.4. The van der Waals surface area contributed by atoms with E-state index in [0.29, 0.717) is 24.3 Å². The predicted octanol–water partition coefficient (Wildman–Crippen LogP) is 3.86. The number of nitrogens with one attached hydrogen (secondary N) is 1. The molecule has 1 aromatic heterocycles. The molecule has 2 aromatic carbocycles. The molecule has 4 rings (SSSR count). The van der Waals surface area contributed by atoms with E-state index in [2.05, 4.69) is 42.6 Å². The molecule has 0 fully saturated rings. The fraction of sp³-hybridized carbons (Fsp3) is 0.261. The summed E-state index contributed by atoms with van der Waals surface area (Å²) in [5, 5.41) is 7.47. The molecule has 0 aliphatic carbocycles. The monoisotopic (exact) mass is 388 g/mol. The van der Waals surface area contributed by atoms with Gasteiger partial charge in [0, 0.05) is 36.8 Å². The molecule has 148 valence electrons. The van der Waals surface area contributed by atoms with E-state index in [4.69, 9.17) is 5.10 Å². The Kier molecular flexibility index (Phi) is 5.16. The van der Waals surface area contributed by atoms with Gasteiger partial charge < -0.3 is 10.2 Å². The zero-order chi connectivity index (χ0) is 20.4. The summed E-state index contributed by atoms with van der Waals surface area (Å²) in [4.78, 5) is 26.0. The highest BCUT2D eigenvalue weighted by molar-refractivity contribution is 5.95. The third kappa shape index (κ3) is 4.21. The van der Waals surface area contributed by atoms with E-state index in [-0.39, 0.29) is 11.8 Å². The predicted molar refractivity (Wildman–Crippen MR) is 113 cm³/mol. The number of aryl methyl sites for hydroxylation is 2. The van der Waals surface area contributed by atoms with Crippen LogP contribution in [-0.2, 0) is 17.9 Å². The Hall–Kier alpha value is -3.41. The second kappa shape index (κ2) is 7.91. The van der Waals surface area contributed by atoms with E-state index in [9.17, 15) is 9.59 Å². The van der Waals surface area contributed by atoms with Crippen LogP contribution < -0.4 is 5.32 Å². The normalized spacial score (nSPS) is 13.5. The van der Waals surface area contributed by atoms with Crippen LogP contribution in [-0.4, -0.2) is 33.0 Å². The Labute approximate surface area is 170 Å². The van der Waals surface area contributed by atoms with Gasteiger partial charge in [-0.1, -0.05) is 29.8 Å². The average molecular weight is 388 g/mol. The van der Waals surface area contributed by atoms with Gasteiger partial charge in [-0.05, 0) is 43.7 Å². The lowest BCUT2D eigenvalue weighted by Gasteiger charge is -2.20. The second-order valence-corrected chi connectivity index (χ2v) is 7.45. The zero-order valence-electron chi connectivity index (χ0n) is 16.7. The molecule has 1 aliphatic heterocycles. The maximum Gasteiger partial charge on any atom is 0.254 e. The Morgan fingerprint density at radius 3 is 2.41 bits per heavy atom. The molecule has 6 nitrogen and oxygen atoms in total. The number of nitrogens with zero attached hydrogens (tertiary/aromatic N) is 3. The molecule has 0 saturated heterocycles. The van der Waals surface area contributed by atoms with Crippen molar-refractivity contribution in [3.05, 3.63) is 71.4 Å². The van der Waals surface area contributed by atoms with E-state index in [1.54, 1.807) is 24.3 Å². The summed E-state index contributed by atoms with van der Waals surface area (Å²) in [6.45, 7) is 5.55. The van der Waals surface area contributed by atoms with Crippen LogP contribution in [0.25, 0.3) is 11.3 Å². The van der Waals surface area contributed by atoms with Crippen molar-refractivity contribution in [2.75, 3.05) is 11.9 Å². The van der Waals surface area contributed by atoms with Crippen LogP contribution in [0, 0.1) is 6.92 Å². The molecule has 1 N–H and O–H groups in total. The van der Waals surface area contributed by atoms with Crippen LogP contribution in [0.5, 0.6) is 0 Å². The number of fused-ring (bicyclic) bond motifs is 1. The van der Waals surface area contributed by atoms with Gasteiger partial charge in [0.05, 0.1) is 17.9 Å². The Morgan fingerprint density at radius 1 is 1.00 bits per heavy atom. The van der Waals surface area contributed by atoms with Crippen LogP contribution in [0.15, 0.2) is 54.6 Å². The minimum Gasteiger partial charge on any atom is -0.333 e. The van der Waals surface area contributed by atoms with Gasteiger partial charge >= 0.3 is 0 Å². The topological polar surface area (TPSA) is 67.2 Å². The zero-order valence-corrected chi connectivity index (χ0v) is 16.7. The minimum atomic E-state index is -0.130. The first-order valence-electron chi connectivity index (χ1n) is 9.80. The van der Waals surface area contributed by atoms with Crippen LogP contribution in [0.3, 0.4) is 0 Å². The van der Waals surface area contributed by atoms with Gasteiger partial charge in [-0.15, -0.1) is 0 Å². The highest BCUT2D eigenvalue weighted by Crippen LogP contribution is 2.23. The standard InChI is InChI=1S/C23H24N4O2/c1-16-4-6-18(7-5-16)22-14-21-15-26(12-3-13-27(21)25-22)23(29)19-8-10-20(11-9-19)24-17(2)28/h4-11,14H,3,12-13,15H2,1-2H3,(H,24,28). The van der Waals surface area contributed by atoms with E-state index in [0.717, 1.165) is 29.9 Å². The van der Waals surface area contributed by atoms with Crippen LogP contribution >= 0.6 is 0 Å². The molecular formula is C23H24N4O2. The quantitative estimate of drug-likeness (QED) is 0.741. The SMILES string of the molecule is CC(=O)Nc1ccc(C(=O)N2CCCn3nc(-c4ccc(C)cc4)cc3C2)cc1. The van der Waals surface area contributed by atoms with Crippen molar-refractivity contribution in [2.24, 2.45) is 0 Å². The van der Waals surface area contributed by atoms with Crippen molar-refractivity contribution in [3.63, 3.8) is 0 Å². The molecule has 0 radical (unpaired) electrons. The molecule has 1 aliphatic rings. The first-order chi connectivity index (χ1) is 14.0. The fourth-order valence-corrected chi connectivity index (χ4v) is 3.58. The first kappa shape index (κ1) is 18.9. The molecule has 6 heteroatoms. The van der Waals surface area contributed by atoms with Crippen molar-refractivity contribution in [3.8, 4) is 11.3 Å². The number of benzene rings is 2. The van der Waals surface area contributed by atoms with Gasteiger partial charge in [0.1, 0.15) is 0 Å². The molecule has 0 spiro atoms. The molecule has 0 bridgehead atoms. The summed E-state index contributed by atoms with van der Waals surface area (Å²) in [6.07, 6.45) is 0.859. The number of rotatable bonds is 3. The van der Waals surface area contributed by atoms with E-state index < -0.39 is 0 Å². The average Bonchev–Trinajstić information content (AvgIpc) is 2.99. The molecule has 2 amide bonds. The van der Waals surface area contributed by atoms with Gasteiger partial charge in [-0.3, -0.25) is 14.3 Å². The van der Waals surface area contributed by atoms with Gasteiger partial charge in [-0.25, -0.2) is 0 Å². The van der Waals surface area contributed by atoms with Crippen molar-refractivity contribution < 1.29 is 9.59 Å². The number of amides is 2. The first-order valence-corrected chi connectivity index (χ1v) is 9.80. The number of carbonyl (C=O) groups excluding carboxylic acids is 2. The lowest BCUT2D eigenvalue weighted by molar-refractivity contribution is -0.114. The number of aromatic nitrogens is 2. The Morgan fingerprint density at radius 2 is 1.72 bits per heavy atom. The van der Waals surface area contributed by atoms with Gasteiger partial charge in [0.15, 0.2) is 0 Å². The molecule has 29 heavy (non-hydrogen) atoms. The summed E-state index contributed by atoms with van der Waals surface area (Å²) in [5.41, 5.74) is 5.59. The summed E-state index contributed by atoms with van der Waals surface area (Å²) in [7, 11) is 0. The van der Waals surface area contributed by atoms with Crippen molar-refractivity contribution in [2.45, 2.75) is 33.4 Å². The third-order valence-corrected chi connectivity index (χ3v) is 5.10. The molecular weight excluding hydrogens is 364 g/mol. The molecule has 0 unspecified atom stereocenters. The largest absolute Gasteiger partial charge is 0.333 e. The number of hydrogen-bond donors (Lipinski definition) is 1. The van der Waals surface area contributed by atoms with Gasteiger partial charge in [-0.2, -0.15) is 5.10 Å². The van der Waals surface area contributed by atoms with E-state index in [1.807, 2.05) is 9.58 Å². The molecule has 0 saturated carbocycles. The van der Waals surface area contributed by atoms with Crippen molar-refractivity contribution in [1.29, 1.82) is 0 Å². The number of carbonyl (C=O) groups is 2.